The molecular formula is C16H23N3. The average Bonchev–Trinajstić information content (AvgIpc) is 2.98. The molecule has 1 heterocycles. The van der Waals surface area contributed by atoms with E-state index in [9.17, 15) is 0 Å². The van der Waals surface area contributed by atoms with Crippen molar-refractivity contribution in [2.45, 2.75) is 45.7 Å². The molecule has 1 aromatic heterocycles. The van der Waals surface area contributed by atoms with Crippen molar-refractivity contribution in [3.8, 4) is 5.69 Å². The summed E-state index contributed by atoms with van der Waals surface area (Å²) in [5.41, 5.74) is 2.43. The van der Waals surface area contributed by atoms with Gasteiger partial charge < -0.3 is 5.32 Å². The highest BCUT2D eigenvalue weighted by Crippen LogP contribution is 2.09. The van der Waals surface area contributed by atoms with Gasteiger partial charge in [0.05, 0.1) is 5.69 Å². The smallest absolute Gasteiger partial charge is 0.0645 e. The fourth-order valence-corrected chi connectivity index (χ4v) is 2.25. The quantitative estimate of drug-likeness (QED) is 0.822. The maximum atomic E-state index is 4.23. The van der Waals surface area contributed by atoms with Crippen molar-refractivity contribution in [3.05, 3.63) is 48.3 Å². The normalized spacial score (nSPS) is 12.5. The van der Waals surface area contributed by atoms with Crippen LogP contribution in [-0.4, -0.2) is 15.8 Å². The molecule has 0 radical (unpaired) electrons. The molecule has 1 atom stereocenters. The van der Waals surface area contributed by atoms with Gasteiger partial charge in [-0.15, -0.1) is 0 Å². The van der Waals surface area contributed by atoms with Gasteiger partial charge in [0.2, 0.25) is 0 Å². The molecule has 0 spiro atoms. The lowest BCUT2D eigenvalue weighted by molar-refractivity contribution is 0.462. The van der Waals surface area contributed by atoms with Crippen LogP contribution in [0.15, 0.2) is 42.7 Å². The standard InChI is InChI=1S/C16H23N3/c1-3-6-15(4-2)17-13-14-7-9-16(10-8-14)19-12-5-11-18-19/h5,7-12,15,17H,3-4,6,13H2,1-2H3. The molecule has 0 aliphatic carbocycles. The van der Waals surface area contributed by atoms with E-state index >= 15 is 0 Å². The highest BCUT2D eigenvalue weighted by atomic mass is 15.3. The van der Waals surface area contributed by atoms with Gasteiger partial charge in [-0.05, 0) is 36.6 Å². The Labute approximate surface area is 115 Å². The molecule has 0 saturated heterocycles. The Kier molecular flexibility index (Phi) is 5.16. The second-order valence-corrected chi connectivity index (χ2v) is 4.89. The molecule has 0 saturated carbocycles. The average molecular weight is 257 g/mol. The second-order valence-electron chi connectivity index (χ2n) is 4.89. The summed E-state index contributed by atoms with van der Waals surface area (Å²) >= 11 is 0. The molecule has 0 amide bonds. The van der Waals surface area contributed by atoms with Crippen LogP contribution in [-0.2, 0) is 6.54 Å². The monoisotopic (exact) mass is 257 g/mol. The Morgan fingerprint density at radius 1 is 1.21 bits per heavy atom. The summed E-state index contributed by atoms with van der Waals surface area (Å²) in [6.45, 7) is 5.43. The number of rotatable bonds is 7. The van der Waals surface area contributed by atoms with E-state index in [0.717, 1.165) is 12.2 Å². The molecular weight excluding hydrogens is 234 g/mol. The van der Waals surface area contributed by atoms with Crippen molar-refractivity contribution in [2.24, 2.45) is 0 Å². The summed E-state index contributed by atoms with van der Waals surface area (Å²) in [4.78, 5) is 0. The van der Waals surface area contributed by atoms with Gasteiger partial charge in [0.25, 0.3) is 0 Å². The van der Waals surface area contributed by atoms with Gasteiger partial charge in [-0.3, -0.25) is 0 Å². The number of hydrogen-bond donors (Lipinski definition) is 1. The predicted molar refractivity (Wildman–Crippen MR) is 79.4 cm³/mol. The van der Waals surface area contributed by atoms with Crippen LogP contribution in [0.2, 0.25) is 0 Å². The zero-order valence-corrected chi connectivity index (χ0v) is 11.8. The van der Waals surface area contributed by atoms with Gasteiger partial charge in [-0.2, -0.15) is 5.10 Å². The van der Waals surface area contributed by atoms with E-state index in [0.29, 0.717) is 6.04 Å². The van der Waals surface area contributed by atoms with Gasteiger partial charge in [0.15, 0.2) is 0 Å². The SMILES string of the molecule is CCCC(CC)NCc1ccc(-n2cccn2)cc1. The Morgan fingerprint density at radius 2 is 2.00 bits per heavy atom. The number of aromatic nitrogens is 2. The third kappa shape index (κ3) is 3.93. The number of benzene rings is 1. The van der Waals surface area contributed by atoms with E-state index in [1.54, 1.807) is 6.20 Å². The predicted octanol–water partition coefficient (Wildman–Crippen LogP) is 3.54. The van der Waals surface area contributed by atoms with Crippen LogP contribution in [0, 0.1) is 0 Å². The fraction of sp³-hybridized carbons (Fsp3) is 0.438. The first-order valence-corrected chi connectivity index (χ1v) is 7.15. The molecule has 3 nitrogen and oxygen atoms in total. The van der Waals surface area contributed by atoms with Crippen LogP contribution in [0.1, 0.15) is 38.7 Å². The summed E-state index contributed by atoms with van der Waals surface area (Å²) in [5.74, 6) is 0. The van der Waals surface area contributed by atoms with E-state index in [1.807, 2.05) is 16.9 Å². The summed E-state index contributed by atoms with van der Waals surface area (Å²) in [6.07, 6.45) is 7.44. The number of nitrogens with one attached hydrogen (secondary N) is 1. The second kappa shape index (κ2) is 7.10. The van der Waals surface area contributed by atoms with Crippen LogP contribution in [0.25, 0.3) is 5.69 Å². The lowest BCUT2D eigenvalue weighted by atomic mass is 10.1. The molecule has 0 aliphatic heterocycles. The first-order chi connectivity index (χ1) is 9.33. The Hall–Kier alpha value is -1.61. The van der Waals surface area contributed by atoms with Gasteiger partial charge in [-0.25, -0.2) is 4.68 Å². The van der Waals surface area contributed by atoms with Crippen LogP contribution < -0.4 is 5.32 Å². The van der Waals surface area contributed by atoms with Crippen molar-refractivity contribution >= 4 is 0 Å². The molecule has 3 heteroatoms. The maximum Gasteiger partial charge on any atom is 0.0645 e. The molecule has 2 rings (SSSR count). The minimum absolute atomic E-state index is 0.635. The molecule has 1 aromatic carbocycles. The van der Waals surface area contributed by atoms with Crippen molar-refractivity contribution in [3.63, 3.8) is 0 Å². The van der Waals surface area contributed by atoms with Gasteiger partial charge in [0.1, 0.15) is 0 Å². The Bertz CT molecular complexity index is 459. The number of hydrogen-bond acceptors (Lipinski definition) is 2. The van der Waals surface area contributed by atoms with E-state index in [1.165, 1.54) is 24.8 Å². The molecule has 1 N–H and O–H groups in total. The highest BCUT2D eigenvalue weighted by molar-refractivity contribution is 5.33. The highest BCUT2D eigenvalue weighted by Gasteiger charge is 2.04. The molecule has 2 aromatic rings. The first kappa shape index (κ1) is 13.8. The van der Waals surface area contributed by atoms with Crippen molar-refractivity contribution in [2.75, 3.05) is 0 Å². The van der Waals surface area contributed by atoms with E-state index in [2.05, 4.69) is 48.5 Å². The lowest BCUT2D eigenvalue weighted by Gasteiger charge is -2.16. The lowest BCUT2D eigenvalue weighted by Crippen LogP contribution is -2.27. The third-order valence-electron chi connectivity index (χ3n) is 3.43. The molecule has 0 fully saturated rings. The maximum absolute atomic E-state index is 4.23. The van der Waals surface area contributed by atoms with Crippen LogP contribution in [0.3, 0.4) is 0 Å². The van der Waals surface area contributed by atoms with Crippen LogP contribution >= 0.6 is 0 Å². The molecule has 19 heavy (non-hydrogen) atoms. The summed E-state index contributed by atoms with van der Waals surface area (Å²) in [6, 6.07) is 11.1. The zero-order valence-electron chi connectivity index (χ0n) is 11.8. The van der Waals surface area contributed by atoms with Crippen molar-refractivity contribution in [1.29, 1.82) is 0 Å². The molecule has 102 valence electrons. The zero-order chi connectivity index (χ0) is 13.5. The van der Waals surface area contributed by atoms with E-state index in [4.69, 9.17) is 0 Å². The molecule has 0 bridgehead atoms. The minimum Gasteiger partial charge on any atom is -0.310 e. The van der Waals surface area contributed by atoms with Gasteiger partial charge in [0, 0.05) is 25.0 Å². The molecule has 1 unspecified atom stereocenters. The summed E-state index contributed by atoms with van der Waals surface area (Å²) in [7, 11) is 0. The van der Waals surface area contributed by atoms with Crippen molar-refractivity contribution in [1.82, 2.24) is 15.1 Å². The summed E-state index contributed by atoms with van der Waals surface area (Å²) in [5, 5.41) is 7.85. The topological polar surface area (TPSA) is 29.9 Å². The van der Waals surface area contributed by atoms with Gasteiger partial charge >= 0.3 is 0 Å². The first-order valence-electron chi connectivity index (χ1n) is 7.15. The third-order valence-corrected chi connectivity index (χ3v) is 3.43. The van der Waals surface area contributed by atoms with E-state index in [-0.39, 0.29) is 0 Å². The number of nitrogens with zero attached hydrogens (tertiary/aromatic N) is 2. The Balaban J connectivity index is 1.92. The van der Waals surface area contributed by atoms with E-state index < -0.39 is 0 Å². The molecule has 0 aliphatic rings. The summed E-state index contributed by atoms with van der Waals surface area (Å²) < 4.78 is 1.88. The largest absolute Gasteiger partial charge is 0.310 e. The van der Waals surface area contributed by atoms with Gasteiger partial charge in [-0.1, -0.05) is 32.4 Å². The van der Waals surface area contributed by atoms with Crippen LogP contribution in [0.4, 0.5) is 0 Å². The van der Waals surface area contributed by atoms with Crippen LogP contribution in [0.5, 0.6) is 0 Å². The van der Waals surface area contributed by atoms with Crippen molar-refractivity contribution < 1.29 is 0 Å². The fourth-order valence-electron chi connectivity index (χ4n) is 2.25. The minimum atomic E-state index is 0.635. The Morgan fingerprint density at radius 3 is 2.58 bits per heavy atom.